The van der Waals surface area contributed by atoms with E-state index in [-0.39, 0.29) is 6.10 Å². The standard InChI is InChI=1S/C8H16N2O/c11-8-5-10(6-8)7-1-3-9-4-2-7/h7-9,11H,1-6H2. The number of β-amino-alcohol motifs (C(OH)–C–C–N with tert-alkyl or cyclic N) is 1. The lowest BCUT2D eigenvalue weighted by molar-refractivity contribution is -0.0314. The molecule has 0 aromatic rings. The van der Waals surface area contributed by atoms with Crippen LogP contribution in [0.15, 0.2) is 0 Å². The molecule has 2 fully saturated rings. The van der Waals surface area contributed by atoms with Crippen LogP contribution in [0.1, 0.15) is 12.8 Å². The highest BCUT2D eigenvalue weighted by Gasteiger charge is 2.31. The summed E-state index contributed by atoms with van der Waals surface area (Å²) in [6.45, 7) is 4.11. The minimum atomic E-state index is -0.0371. The zero-order valence-corrected chi connectivity index (χ0v) is 6.79. The van der Waals surface area contributed by atoms with Gasteiger partial charge in [0.15, 0.2) is 0 Å². The average molecular weight is 156 g/mol. The average Bonchev–Trinajstić information content (AvgIpc) is 2.01. The van der Waals surface area contributed by atoms with Crippen LogP contribution in [0.25, 0.3) is 0 Å². The van der Waals surface area contributed by atoms with Crippen LogP contribution >= 0.6 is 0 Å². The molecule has 0 unspecified atom stereocenters. The predicted molar refractivity (Wildman–Crippen MR) is 43.5 cm³/mol. The molecule has 11 heavy (non-hydrogen) atoms. The minimum Gasteiger partial charge on any atom is -0.390 e. The van der Waals surface area contributed by atoms with Gasteiger partial charge >= 0.3 is 0 Å². The van der Waals surface area contributed by atoms with E-state index in [1.807, 2.05) is 0 Å². The van der Waals surface area contributed by atoms with Gasteiger partial charge in [0.05, 0.1) is 6.10 Å². The van der Waals surface area contributed by atoms with E-state index in [0.29, 0.717) is 0 Å². The highest BCUT2D eigenvalue weighted by molar-refractivity contribution is 4.87. The van der Waals surface area contributed by atoms with Crippen molar-refractivity contribution in [3.05, 3.63) is 0 Å². The van der Waals surface area contributed by atoms with Gasteiger partial charge in [0.1, 0.15) is 0 Å². The maximum absolute atomic E-state index is 9.09. The van der Waals surface area contributed by atoms with Gasteiger partial charge in [-0.1, -0.05) is 0 Å². The summed E-state index contributed by atoms with van der Waals surface area (Å²) in [4.78, 5) is 2.39. The Morgan fingerprint density at radius 2 is 1.82 bits per heavy atom. The minimum absolute atomic E-state index is 0.0371. The van der Waals surface area contributed by atoms with Crippen molar-refractivity contribution in [2.45, 2.75) is 25.0 Å². The summed E-state index contributed by atoms with van der Waals surface area (Å²) in [7, 11) is 0. The van der Waals surface area contributed by atoms with Crippen LogP contribution in [0.3, 0.4) is 0 Å². The fraction of sp³-hybridized carbons (Fsp3) is 1.00. The van der Waals surface area contributed by atoms with Crippen LogP contribution in [-0.2, 0) is 0 Å². The van der Waals surface area contributed by atoms with E-state index in [1.165, 1.54) is 12.8 Å². The van der Waals surface area contributed by atoms with E-state index in [9.17, 15) is 0 Å². The Bertz CT molecular complexity index is 128. The van der Waals surface area contributed by atoms with E-state index in [0.717, 1.165) is 32.2 Å². The van der Waals surface area contributed by atoms with Crippen molar-refractivity contribution in [3.63, 3.8) is 0 Å². The molecule has 0 amide bonds. The van der Waals surface area contributed by atoms with E-state index in [4.69, 9.17) is 5.11 Å². The van der Waals surface area contributed by atoms with Gasteiger partial charge in [-0.3, -0.25) is 4.90 Å². The first-order valence-electron chi connectivity index (χ1n) is 4.49. The summed E-state index contributed by atoms with van der Waals surface area (Å²) < 4.78 is 0. The van der Waals surface area contributed by atoms with Crippen molar-refractivity contribution in [2.75, 3.05) is 26.2 Å². The molecule has 0 aromatic carbocycles. The molecule has 2 rings (SSSR count). The molecule has 2 saturated heterocycles. The number of nitrogens with zero attached hydrogens (tertiary/aromatic N) is 1. The fourth-order valence-corrected chi connectivity index (χ4v) is 1.96. The first-order chi connectivity index (χ1) is 5.36. The van der Waals surface area contributed by atoms with Gasteiger partial charge in [-0.15, -0.1) is 0 Å². The molecule has 0 saturated carbocycles. The molecule has 0 bridgehead atoms. The molecule has 3 nitrogen and oxygen atoms in total. The molecular formula is C8H16N2O. The Morgan fingerprint density at radius 3 is 2.36 bits per heavy atom. The van der Waals surface area contributed by atoms with E-state index in [1.54, 1.807) is 0 Å². The molecule has 64 valence electrons. The molecule has 2 aliphatic rings. The Balaban J connectivity index is 1.76. The first-order valence-corrected chi connectivity index (χ1v) is 4.49. The number of nitrogens with one attached hydrogen (secondary N) is 1. The monoisotopic (exact) mass is 156 g/mol. The third kappa shape index (κ3) is 1.55. The Morgan fingerprint density at radius 1 is 1.18 bits per heavy atom. The van der Waals surface area contributed by atoms with Gasteiger partial charge in [-0.25, -0.2) is 0 Å². The second-order valence-electron chi connectivity index (χ2n) is 3.59. The summed E-state index contributed by atoms with van der Waals surface area (Å²) in [5, 5.41) is 12.4. The smallest absolute Gasteiger partial charge is 0.0794 e. The molecule has 2 N–H and O–H groups in total. The lowest BCUT2D eigenvalue weighted by atomic mass is 10.00. The Hall–Kier alpha value is -0.120. The van der Waals surface area contributed by atoms with Gasteiger partial charge < -0.3 is 10.4 Å². The molecule has 0 aromatic heterocycles. The maximum atomic E-state index is 9.09. The largest absolute Gasteiger partial charge is 0.390 e. The second-order valence-corrected chi connectivity index (χ2v) is 3.59. The third-order valence-corrected chi connectivity index (χ3v) is 2.72. The summed E-state index contributed by atoms with van der Waals surface area (Å²) in [5.41, 5.74) is 0. The quantitative estimate of drug-likeness (QED) is 0.533. The summed E-state index contributed by atoms with van der Waals surface area (Å²) in [6, 6.07) is 0.750. The van der Waals surface area contributed by atoms with Crippen LogP contribution < -0.4 is 5.32 Å². The van der Waals surface area contributed by atoms with E-state index >= 15 is 0 Å². The number of hydrogen-bond acceptors (Lipinski definition) is 3. The lowest BCUT2D eigenvalue weighted by Gasteiger charge is -2.43. The van der Waals surface area contributed by atoms with Crippen LogP contribution in [-0.4, -0.2) is 48.3 Å². The van der Waals surface area contributed by atoms with Gasteiger partial charge in [-0.2, -0.15) is 0 Å². The molecule has 0 aliphatic carbocycles. The second kappa shape index (κ2) is 3.09. The molecule has 0 spiro atoms. The molecule has 0 atom stereocenters. The number of rotatable bonds is 1. The third-order valence-electron chi connectivity index (χ3n) is 2.72. The highest BCUT2D eigenvalue weighted by atomic mass is 16.3. The Labute approximate surface area is 67.4 Å². The molecule has 3 heteroatoms. The molecular weight excluding hydrogens is 140 g/mol. The normalized spacial score (nSPS) is 30.3. The van der Waals surface area contributed by atoms with Crippen molar-refractivity contribution < 1.29 is 5.11 Å². The number of likely N-dealkylation sites (tertiary alicyclic amines) is 1. The SMILES string of the molecule is OC1CN(C2CCNCC2)C1. The van der Waals surface area contributed by atoms with Gasteiger partial charge in [0.25, 0.3) is 0 Å². The summed E-state index contributed by atoms with van der Waals surface area (Å²) in [5.74, 6) is 0. The summed E-state index contributed by atoms with van der Waals surface area (Å²) in [6.07, 6.45) is 2.48. The van der Waals surface area contributed by atoms with Crippen molar-refractivity contribution in [2.24, 2.45) is 0 Å². The molecule has 2 aliphatic heterocycles. The number of aliphatic hydroxyl groups excluding tert-OH is 1. The number of piperidine rings is 1. The van der Waals surface area contributed by atoms with Gasteiger partial charge in [-0.05, 0) is 25.9 Å². The van der Waals surface area contributed by atoms with Crippen molar-refractivity contribution in [1.29, 1.82) is 0 Å². The van der Waals surface area contributed by atoms with Crippen molar-refractivity contribution in [3.8, 4) is 0 Å². The van der Waals surface area contributed by atoms with Crippen LogP contribution in [0.4, 0.5) is 0 Å². The van der Waals surface area contributed by atoms with Crippen molar-refractivity contribution in [1.82, 2.24) is 10.2 Å². The van der Waals surface area contributed by atoms with Gasteiger partial charge in [0, 0.05) is 19.1 Å². The first kappa shape index (κ1) is 7.53. The maximum Gasteiger partial charge on any atom is 0.0794 e. The van der Waals surface area contributed by atoms with Crippen molar-refractivity contribution >= 4 is 0 Å². The highest BCUT2D eigenvalue weighted by Crippen LogP contribution is 2.18. The number of hydrogen-bond donors (Lipinski definition) is 2. The van der Waals surface area contributed by atoms with E-state index < -0.39 is 0 Å². The topological polar surface area (TPSA) is 35.5 Å². The predicted octanol–water partition coefficient (Wildman–Crippen LogP) is -0.585. The zero-order chi connectivity index (χ0) is 7.68. The Kier molecular flexibility index (Phi) is 2.11. The fourth-order valence-electron chi connectivity index (χ4n) is 1.96. The van der Waals surface area contributed by atoms with Crippen LogP contribution in [0.2, 0.25) is 0 Å². The van der Waals surface area contributed by atoms with E-state index in [2.05, 4.69) is 10.2 Å². The number of aliphatic hydroxyl groups is 1. The molecule has 2 heterocycles. The zero-order valence-electron chi connectivity index (χ0n) is 6.79. The van der Waals surface area contributed by atoms with Gasteiger partial charge in [0.2, 0.25) is 0 Å². The molecule has 0 radical (unpaired) electrons. The lowest BCUT2D eigenvalue weighted by Crippen LogP contribution is -2.57. The summed E-state index contributed by atoms with van der Waals surface area (Å²) >= 11 is 0. The van der Waals surface area contributed by atoms with Crippen LogP contribution in [0, 0.1) is 0 Å². The van der Waals surface area contributed by atoms with Crippen LogP contribution in [0.5, 0.6) is 0 Å².